The molecule has 2 rings (SSSR count). The summed E-state index contributed by atoms with van der Waals surface area (Å²) in [5.41, 5.74) is 1.73. The largest absolute Gasteiger partial charge is 0.376 e. The lowest BCUT2D eigenvalue weighted by atomic mass is 9.69. The molecule has 0 bridgehead atoms. The minimum absolute atomic E-state index is 0.0105. The molecule has 1 aromatic carbocycles. The predicted octanol–water partition coefficient (Wildman–Crippen LogP) is 6.57. The van der Waals surface area contributed by atoms with Gasteiger partial charge in [0.2, 0.25) is 0 Å². The molecule has 1 aromatic rings. The minimum Gasteiger partial charge on any atom is -0.376 e. The lowest BCUT2D eigenvalue weighted by molar-refractivity contribution is 0.0129. The highest BCUT2D eigenvalue weighted by Crippen LogP contribution is 2.47. The Labute approximate surface area is 151 Å². The zero-order valence-corrected chi connectivity index (χ0v) is 16.5. The van der Waals surface area contributed by atoms with E-state index in [0.29, 0.717) is 5.88 Å². The van der Waals surface area contributed by atoms with Gasteiger partial charge in [-0.3, -0.25) is 0 Å². The van der Waals surface area contributed by atoms with E-state index in [4.69, 9.17) is 16.3 Å². The van der Waals surface area contributed by atoms with Crippen molar-refractivity contribution in [2.24, 2.45) is 11.3 Å². The number of hydrogen-bond acceptors (Lipinski definition) is 1. The van der Waals surface area contributed by atoms with Crippen LogP contribution in [0.25, 0.3) is 0 Å². The van der Waals surface area contributed by atoms with Crippen LogP contribution in [-0.4, -0.2) is 12.8 Å². The monoisotopic (exact) mass is 352 g/mol. The zero-order valence-electron chi connectivity index (χ0n) is 15.7. The molecule has 4 atom stereocenters. The summed E-state index contributed by atoms with van der Waals surface area (Å²) in [6.07, 6.45) is 4.80. The summed E-state index contributed by atoms with van der Waals surface area (Å²) in [4.78, 5) is 0. The molecule has 0 amide bonds. The van der Waals surface area contributed by atoms with Gasteiger partial charge in [0.25, 0.3) is 0 Å². The number of halogens is 2. The SMILES string of the molecule is CO[C@@H](c1cc(CCl)ccc1C1C=CCC(C)C1(C)F)C(C)(C)C. The third kappa shape index (κ3) is 3.70. The van der Waals surface area contributed by atoms with Crippen LogP contribution in [0.2, 0.25) is 0 Å². The zero-order chi connectivity index (χ0) is 18.1. The fraction of sp³-hybridized carbons (Fsp3) is 0.619. The molecule has 1 aliphatic rings. The van der Waals surface area contributed by atoms with Crippen LogP contribution in [0, 0.1) is 11.3 Å². The maximum absolute atomic E-state index is 15.5. The molecule has 1 aliphatic carbocycles. The molecule has 0 fully saturated rings. The fourth-order valence-corrected chi connectivity index (χ4v) is 3.88. The van der Waals surface area contributed by atoms with Crippen LogP contribution >= 0.6 is 11.6 Å². The van der Waals surface area contributed by atoms with Crippen LogP contribution < -0.4 is 0 Å². The van der Waals surface area contributed by atoms with Gasteiger partial charge < -0.3 is 4.74 Å². The summed E-state index contributed by atoms with van der Waals surface area (Å²) in [7, 11) is 1.72. The molecule has 0 spiro atoms. The summed E-state index contributed by atoms with van der Waals surface area (Å²) >= 11 is 6.05. The van der Waals surface area contributed by atoms with Crippen LogP contribution in [0.5, 0.6) is 0 Å². The van der Waals surface area contributed by atoms with E-state index in [-0.39, 0.29) is 23.4 Å². The van der Waals surface area contributed by atoms with E-state index in [9.17, 15) is 0 Å². The Bertz CT molecular complexity index is 600. The number of methoxy groups -OCH3 is 1. The first-order valence-corrected chi connectivity index (χ1v) is 9.23. The van der Waals surface area contributed by atoms with E-state index in [1.807, 2.05) is 25.1 Å². The van der Waals surface area contributed by atoms with E-state index in [2.05, 4.69) is 32.9 Å². The van der Waals surface area contributed by atoms with Crippen LogP contribution in [-0.2, 0) is 10.6 Å². The van der Waals surface area contributed by atoms with E-state index < -0.39 is 5.67 Å². The Morgan fingerprint density at radius 3 is 2.58 bits per heavy atom. The smallest absolute Gasteiger partial charge is 0.121 e. The van der Waals surface area contributed by atoms with Crippen molar-refractivity contribution in [3.63, 3.8) is 0 Å². The molecule has 0 heterocycles. The molecular weight excluding hydrogens is 323 g/mol. The second kappa shape index (κ2) is 7.17. The summed E-state index contributed by atoms with van der Waals surface area (Å²) in [6, 6.07) is 6.13. The Kier molecular flexibility index (Phi) is 5.82. The second-order valence-electron chi connectivity index (χ2n) is 8.27. The normalized spacial score (nSPS) is 28.8. The maximum Gasteiger partial charge on any atom is 0.121 e. The van der Waals surface area contributed by atoms with Crippen LogP contribution in [0.4, 0.5) is 4.39 Å². The summed E-state index contributed by atoms with van der Waals surface area (Å²) in [6.45, 7) is 10.1. The molecule has 0 N–H and O–H groups in total. The molecule has 1 nitrogen and oxygen atoms in total. The fourth-order valence-electron chi connectivity index (χ4n) is 3.72. The predicted molar refractivity (Wildman–Crippen MR) is 100 cm³/mol. The standard InChI is InChI=1S/C21H30ClFO/c1-14-8-7-9-18(21(14,5)23)16-11-10-15(13-22)12-17(16)19(24-6)20(2,3)4/h7,9-12,14,18-19H,8,13H2,1-6H3/t14?,18?,19-,21?/m0/s1. The Hall–Kier alpha value is -0.860. The number of rotatable bonds is 4. The van der Waals surface area contributed by atoms with E-state index in [1.54, 1.807) is 14.0 Å². The number of hydrogen-bond donors (Lipinski definition) is 0. The van der Waals surface area contributed by atoms with Crippen molar-refractivity contribution in [2.45, 2.75) is 64.6 Å². The third-order valence-corrected chi connectivity index (χ3v) is 5.64. The van der Waals surface area contributed by atoms with Gasteiger partial charge in [-0.1, -0.05) is 58.0 Å². The van der Waals surface area contributed by atoms with Crippen molar-refractivity contribution < 1.29 is 9.13 Å². The molecule has 134 valence electrons. The van der Waals surface area contributed by atoms with E-state index in [1.165, 1.54) is 0 Å². The molecule has 0 aliphatic heterocycles. The first kappa shape index (κ1) is 19.5. The molecule has 24 heavy (non-hydrogen) atoms. The number of alkyl halides is 2. The van der Waals surface area contributed by atoms with Crippen LogP contribution in [0.15, 0.2) is 30.4 Å². The first-order chi connectivity index (χ1) is 11.1. The molecule has 3 unspecified atom stereocenters. The average Bonchev–Trinajstić information content (AvgIpc) is 2.49. The quantitative estimate of drug-likeness (QED) is 0.440. The van der Waals surface area contributed by atoms with Gasteiger partial charge in [0.05, 0.1) is 6.10 Å². The first-order valence-electron chi connectivity index (χ1n) is 8.70. The van der Waals surface area contributed by atoms with Crippen molar-refractivity contribution in [1.29, 1.82) is 0 Å². The summed E-state index contributed by atoms with van der Waals surface area (Å²) in [5.74, 6) is 0.168. The van der Waals surface area contributed by atoms with Crippen molar-refractivity contribution in [3.8, 4) is 0 Å². The van der Waals surface area contributed by atoms with E-state index >= 15 is 4.39 Å². The van der Waals surface area contributed by atoms with Crippen molar-refractivity contribution >= 4 is 11.6 Å². The van der Waals surface area contributed by atoms with Gasteiger partial charge >= 0.3 is 0 Å². The van der Waals surface area contributed by atoms with E-state index in [0.717, 1.165) is 23.1 Å². The average molecular weight is 353 g/mol. The highest BCUT2D eigenvalue weighted by Gasteiger charge is 2.42. The van der Waals surface area contributed by atoms with Gasteiger partial charge in [0, 0.05) is 18.9 Å². The molecule has 0 saturated heterocycles. The summed E-state index contributed by atoms with van der Waals surface area (Å²) in [5, 5.41) is 0. The van der Waals surface area contributed by atoms with Gasteiger partial charge in [0.15, 0.2) is 0 Å². The van der Waals surface area contributed by atoms with Gasteiger partial charge in [-0.25, -0.2) is 4.39 Å². The van der Waals surface area contributed by atoms with Crippen molar-refractivity contribution in [2.75, 3.05) is 7.11 Å². The van der Waals surface area contributed by atoms with Crippen LogP contribution in [0.3, 0.4) is 0 Å². The Morgan fingerprint density at radius 2 is 2.04 bits per heavy atom. The number of ether oxygens (including phenoxy) is 1. The highest BCUT2D eigenvalue weighted by atomic mass is 35.5. The molecular formula is C21H30ClFO. The second-order valence-corrected chi connectivity index (χ2v) is 8.54. The molecule has 3 heteroatoms. The minimum atomic E-state index is -1.28. The lowest BCUT2D eigenvalue weighted by Crippen LogP contribution is -2.37. The van der Waals surface area contributed by atoms with Gasteiger partial charge in [-0.05, 0) is 41.4 Å². The van der Waals surface area contributed by atoms with Gasteiger partial charge in [-0.2, -0.15) is 0 Å². The number of allylic oxidation sites excluding steroid dienone is 2. The van der Waals surface area contributed by atoms with Crippen LogP contribution in [0.1, 0.15) is 69.8 Å². The van der Waals surface area contributed by atoms with Crippen molar-refractivity contribution in [1.82, 2.24) is 0 Å². The van der Waals surface area contributed by atoms with Crippen molar-refractivity contribution in [3.05, 3.63) is 47.0 Å². The number of benzene rings is 1. The van der Waals surface area contributed by atoms with Gasteiger partial charge in [-0.15, -0.1) is 11.6 Å². The maximum atomic E-state index is 15.5. The Balaban J connectivity index is 2.62. The topological polar surface area (TPSA) is 9.23 Å². The lowest BCUT2D eigenvalue weighted by Gasteiger charge is -2.40. The molecule has 0 aromatic heterocycles. The molecule has 0 saturated carbocycles. The van der Waals surface area contributed by atoms with Gasteiger partial charge in [0.1, 0.15) is 5.67 Å². The highest BCUT2D eigenvalue weighted by molar-refractivity contribution is 6.17. The summed E-state index contributed by atoms with van der Waals surface area (Å²) < 4.78 is 21.4. The Morgan fingerprint density at radius 1 is 1.38 bits per heavy atom. The third-order valence-electron chi connectivity index (χ3n) is 5.34. The molecule has 0 radical (unpaired) electrons.